The Morgan fingerprint density at radius 2 is 1.71 bits per heavy atom. The molecule has 1 fully saturated rings. The van der Waals surface area contributed by atoms with Gasteiger partial charge in [-0.2, -0.15) is 0 Å². The van der Waals surface area contributed by atoms with E-state index < -0.39 is 5.60 Å². The van der Waals surface area contributed by atoms with Crippen molar-refractivity contribution in [2.24, 2.45) is 5.92 Å². The lowest BCUT2D eigenvalue weighted by Crippen LogP contribution is -2.41. The minimum Gasteiger partial charge on any atom is -0.497 e. The maximum absolute atomic E-state index is 12.1. The van der Waals surface area contributed by atoms with E-state index in [0.29, 0.717) is 5.92 Å². The summed E-state index contributed by atoms with van der Waals surface area (Å²) in [6.07, 6.45) is 3.52. The molecule has 0 amide bonds. The zero-order valence-electron chi connectivity index (χ0n) is 18.8. The van der Waals surface area contributed by atoms with Gasteiger partial charge in [0.2, 0.25) is 0 Å². The van der Waals surface area contributed by atoms with Gasteiger partial charge in [-0.25, -0.2) is 0 Å². The zero-order valence-corrected chi connectivity index (χ0v) is 18.8. The van der Waals surface area contributed by atoms with Gasteiger partial charge in [-0.05, 0) is 72.4 Å². The Balaban J connectivity index is 1.72. The zero-order chi connectivity index (χ0) is 21.8. The van der Waals surface area contributed by atoms with Gasteiger partial charge in [0.05, 0.1) is 12.7 Å². The summed E-state index contributed by atoms with van der Waals surface area (Å²) in [6.45, 7) is 0. The number of nitrogens with zero attached hydrogens (tertiary/aromatic N) is 1. The Hall–Kier alpha value is -2.78. The predicted molar refractivity (Wildman–Crippen MR) is 128 cm³/mol. The van der Waals surface area contributed by atoms with E-state index in [0.717, 1.165) is 37.0 Å². The summed E-state index contributed by atoms with van der Waals surface area (Å²) in [5, 5.41) is 12.1. The summed E-state index contributed by atoms with van der Waals surface area (Å²) in [5.41, 5.74) is 3.97. The van der Waals surface area contributed by atoms with Crippen LogP contribution < -0.4 is 9.64 Å². The topological polar surface area (TPSA) is 32.7 Å². The molecule has 31 heavy (non-hydrogen) atoms. The molecule has 0 aliphatic heterocycles. The molecule has 3 unspecified atom stereocenters. The van der Waals surface area contributed by atoms with Crippen molar-refractivity contribution >= 4 is 5.69 Å². The maximum Gasteiger partial charge on any atom is 0.119 e. The first kappa shape index (κ1) is 21.5. The van der Waals surface area contributed by atoms with E-state index in [4.69, 9.17) is 4.74 Å². The molecule has 1 aliphatic rings. The molecule has 1 N–H and O–H groups in total. The van der Waals surface area contributed by atoms with E-state index in [2.05, 4.69) is 79.7 Å². The third-order valence-corrected chi connectivity index (χ3v) is 6.90. The molecule has 0 spiro atoms. The summed E-state index contributed by atoms with van der Waals surface area (Å²) in [7, 11) is 5.85. The predicted octanol–water partition coefficient (Wildman–Crippen LogP) is 5.78. The normalized spacial score (nSPS) is 23.4. The van der Waals surface area contributed by atoms with E-state index in [1.54, 1.807) is 7.11 Å². The third kappa shape index (κ3) is 4.47. The standard InChI is InChI=1S/C28H33NO2/c1-29(2)27-15-8-7-12-23(27)19-25-18-22(21-10-5-4-6-11-21)16-17-28(25,30)24-13-9-14-26(20-24)31-3/h4-15,20,22,25,30H,16-19H2,1-3H3. The van der Waals surface area contributed by atoms with Crippen LogP contribution in [0.3, 0.4) is 0 Å². The number of para-hydroxylation sites is 1. The molecule has 3 aromatic carbocycles. The van der Waals surface area contributed by atoms with E-state index in [1.807, 2.05) is 18.2 Å². The van der Waals surface area contributed by atoms with Crippen LogP contribution in [0.1, 0.15) is 41.9 Å². The molecule has 3 atom stereocenters. The van der Waals surface area contributed by atoms with Crippen LogP contribution in [0, 0.1) is 5.92 Å². The molecule has 1 aliphatic carbocycles. The fraction of sp³-hybridized carbons (Fsp3) is 0.357. The van der Waals surface area contributed by atoms with Crippen molar-refractivity contribution in [2.45, 2.75) is 37.2 Å². The van der Waals surface area contributed by atoms with Crippen LogP contribution in [0.25, 0.3) is 0 Å². The molecule has 0 bridgehead atoms. The van der Waals surface area contributed by atoms with Gasteiger partial charge in [0.15, 0.2) is 0 Å². The molecule has 3 heteroatoms. The van der Waals surface area contributed by atoms with Gasteiger partial charge >= 0.3 is 0 Å². The van der Waals surface area contributed by atoms with E-state index in [-0.39, 0.29) is 5.92 Å². The fourth-order valence-corrected chi connectivity index (χ4v) is 5.19. The summed E-state index contributed by atoms with van der Waals surface area (Å²) >= 11 is 0. The molecule has 1 saturated carbocycles. The van der Waals surface area contributed by atoms with Gasteiger partial charge in [0.25, 0.3) is 0 Å². The number of aliphatic hydroxyl groups is 1. The Morgan fingerprint density at radius 3 is 2.45 bits per heavy atom. The SMILES string of the molecule is COc1cccc(C2(O)CCC(c3ccccc3)CC2Cc2ccccc2N(C)C)c1. The Bertz CT molecular complexity index is 1000. The van der Waals surface area contributed by atoms with Crippen molar-refractivity contribution in [1.29, 1.82) is 0 Å². The quantitative estimate of drug-likeness (QED) is 0.554. The van der Waals surface area contributed by atoms with Gasteiger partial charge in [0.1, 0.15) is 5.75 Å². The van der Waals surface area contributed by atoms with E-state index >= 15 is 0 Å². The van der Waals surface area contributed by atoms with Crippen molar-refractivity contribution in [2.75, 3.05) is 26.1 Å². The number of anilines is 1. The number of benzene rings is 3. The number of methoxy groups -OCH3 is 1. The smallest absolute Gasteiger partial charge is 0.119 e. The Morgan fingerprint density at radius 1 is 0.968 bits per heavy atom. The van der Waals surface area contributed by atoms with E-state index in [9.17, 15) is 5.11 Å². The molecule has 3 nitrogen and oxygen atoms in total. The third-order valence-electron chi connectivity index (χ3n) is 6.90. The van der Waals surface area contributed by atoms with Crippen LogP contribution in [0.2, 0.25) is 0 Å². The summed E-state index contributed by atoms with van der Waals surface area (Å²) < 4.78 is 5.47. The highest BCUT2D eigenvalue weighted by atomic mass is 16.5. The molecule has 3 aromatic rings. The monoisotopic (exact) mass is 415 g/mol. The van der Waals surface area contributed by atoms with Crippen LogP contribution in [0.5, 0.6) is 5.75 Å². The van der Waals surface area contributed by atoms with Crippen molar-refractivity contribution in [1.82, 2.24) is 0 Å². The minimum atomic E-state index is -0.876. The largest absolute Gasteiger partial charge is 0.497 e. The van der Waals surface area contributed by atoms with Crippen LogP contribution in [0.4, 0.5) is 5.69 Å². The number of ether oxygens (including phenoxy) is 1. The van der Waals surface area contributed by atoms with Crippen LogP contribution in [0.15, 0.2) is 78.9 Å². The van der Waals surface area contributed by atoms with Gasteiger partial charge in [-0.15, -0.1) is 0 Å². The first-order valence-corrected chi connectivity index (χ1v) is 11.2. The molecule has 0 aromatic heterocycles. The number of hydrogen-bond acceptors (Lipinski definition) is 3. The first-order valence-electron chi connectivity index (χ1n) is 11.2. The lowest BCUT2D eigenvalue weighted by molar-refractivity contribution is -0.0595. The second-order valence-electron chi connectivity index (χ2n) is 8.96. The average molecular weight is 416 g/mol. The van der Waals surface area contributed by atoms with Crippen LogP contribution in [-0.2, 0) is 12.0 Å². The molecular weight excluding hydrogens is 382 g/mol. The van der Waals surface area contributed by atoms with Gasteiger partial charge in [0, 0.05) is 19.8 Å². The first-order chi connectivity index (χ1) is 15.0. The van der Waals surface area contributed by atoms with Crippen molar-refractivity contribution in [3.8, 4) is 5.75 Å². The fourth-order valence-electron chi connectivity index (χ4n) is 5.19. The summed E-state index contributed by atoms with van der Waals surface area (Å²) in [5.74, 6) is 1.37. The summed E-state index contributed by atoms with van der Waals surface area (Å²) in [4.78, 5) is 2.16. The highest BCUT2D eigenvalue weighted by molar-refractivity contribution is 5.53. The van der Waals surface area contributed by atoms with Crippen molar-refractivity contribution < 1.29 is 9.84 Å². The summed E-state index contributed by atoms with van der Waals surface area (Å²) in [6, 6.07) is 27.3. The average Bonchev–Trinajstić information content (AvgIpc) is 2.81. The second-order valence-corrected chi connectivity index (χ2v) is 8.96. The highest BCUT2D eigenvalue weighted by Gasteiger charge is 2.44. The molecule has 162 valence electrons. The molecule has 0 saturated heterocycles. The molecular formula is C28H33NO2. The molecule has 0 heterocycles. The van der Waals surface area contributed by atoms with Crippen molar-refractivity contribution in [3.63, 3.8) is 0 Å². The Kier molecular flexibility index (Phi) is 6.33. The lowest BCUT2D eigenvalue weighted by atomic mass is 9.64. The lowest BCUT2D eigenvalue weighted by Gasteiger charge is -2.44. The van der Waals surface area contributed by atoms with Gasteiger partial charge in [-0.1, -0.05) is 60.7 Å². The molecule has 4 rings (SSSR count). The van der Waals surface area contributed by atoms with Crippen LogP contribution >= 0.6 is 0 Å². The second kappa shape index (κ2) is 9.15. The van der Waals surface area contributed by atoms with Crippen LogP contribution in [-0.4, -0.2) is 26.3 Å². The maximum atomic E-state index is 12.1. The van der Waals surface area contributed by atoms with E-state index in [1.165, 1.54) is 16.8 Å². The number of rotatable bonds is 6. The minimum absolute atomic E-state index is 0.111. The van der Waals surface area contributed by atoms with Gasteiger partial charge < -0.3 is 14.7 Å². The Labute approximate surface area is 186 Å². The number of hydrogen-bond donors (Lipinski definition) is 1. The highest BCUT2D eigenvalue weighted by Crippen LogP contribution is 2.49. The molecule has 0 radical (unpaired) electrons. The van der Waals surface area contributed by atoms with Gasteiger partial charge in [-0.3, -0.25) is 0 Å². The van der Waals surface area contributed by atoms with Crippen molar-refractivity contribution in [3.05, 3.63) is 95.6 Å².